The first-order chi connectivity index (χ1) is 15.5. The maximum atomic E-state index is 15.4. The summed E-state index contributed by atoms with van der Waals surface area (Å²) >= 11 is 0. The van der Waals surface area contributed by atoms with Crippen LogP contribution in [-0.4, -0.2) is 56.7 Å². The van der Waals surface area contributed by atoms with Gasteiger partial charge in [-0.15, -0.1) is 0 Å². The molecule has 33 heavy (non-hydrogen) atoms. The van der Waals surface area contributed by atoms with Gasteiger partial charge in [-0.05, 0) is 38.4 Å². The zero-order valence-corrected chi connectivity index (χ0v) is 20.4. The first kappa shape index (κ1) is 25.3. The van der Waals surface area contributed by atoms with Gasteiger partial charge in [-0.25, -0.2) is 0 Å². The Morgan fingerprint density at radius 3 is 2.67 bits per heavy atom. The van der Waals surface area contributed by atoms with Crippen LogP contribution in [0.25, 0.3) is 0 Å². The van der Waals surface area contributed by atoms with Gasteiger partial charge in [-0.2, -0.15) is 0 Å². The lowest BCUT2D eigenvalue weighted by Crippen LogP contribution is -2.45. The highest BCUT2D eigenvalue weighted by Crippen LogP contribution is 2.60. The van der Waals surface area contributed by atoms with Crippen LogP contribution in [0.5, 0.6) is 0 Å². The molecule has 3 rings (SSSR count). The number of aliphatic hydroxyl groups excluding tert-OH is 1. The van der Waals surface area contributed by atoms with Crippen LogP contribution in [0.3, 0.4) is 0 Å². The van der Waals surface area contributed by atoms with Crippen molar-refractivity contribution in [3.63, 3.8) is 0 Å². The van der Waals surface area contributed by atoms with Crippen molar-refractivity contribution in [3.8, 4) is 0 Å². The number of carbonyl (C=O) groups excluding carboxylic acids is 2. The van der Waals surface area contributed by atoms with E-state index in [4.69, 9.17) is 4.74 Å². The third-order valence-electron chi connectivity index (χ3n) is 6.81. The number of hydrogen-bond donors (Lipinski definition) is 1. The number of esters is 1. The topological polar surface area (TPSA) is 119 Å². The highest BCUT2D eigenvalue weighted by atomic mass is 28.4. The minimum absolute atomic E-state index is 0.174. The highest BCUT2D eigenvalue weighted by molar-refractivity contribution is 6.72. The molecule has 1 amide bonds. The predicted molar refractivity (Wildman–Crippen MR) is 121 cm³/mol. The molecular weight excluding hydrogens is 451 g/mol. The van der Waals surface area contributed by atoms with E-state index in [1.54, 1.807) is 20.0 Å². The summed E-state index contributed by atoms with van der Waals surface area (Å²) in [6.07, 6.45) is 0.725. The van der Waals surface area contributed by atoms with Gasteiger partial charge in [0.05, 0.1) is 23.8 Å². The van der Waals surface area contributed by atoms with E-state index in [9.17, 15) is 24.8 Å². The van der Waals surface area contributed by atoms with Crippen molar-refractivity contribution in [1.29, 1.82) is 0 Å². The maximum Gasteiger partial charge on any atom is 0.305 e. The molecule has 9 nitrogen and oxygen atoms in total. The smallest absolute Gasteiger partial charge is 0.305 e. The average molecular weight is 483 g/mol. The number of carbonyl (C=O) groups is 2. The van der Waals surface area contributed by atoms with Gasteiger partial charge in [-0.3, -0.25) is 19.7 Å². The number of rotatable bonds is 9. The quantitative estimate of drug-likeness (QED) is 0.143. The third kappa shape index (κ3) is 4.41. The molecule has 0 bridgehead atoms. The Kier molecular flexibility index (Phi) is 7.25. The Hall–Kier alpha value is -2.37. The molecule has 0 radical (unpaired) electrons. The number of anilines is 1. The Bertz CT molecular complexity index is 938. The summed E-state index contributed by atoms with van der Waals surface area (Å²) in [5, 5.41) is 21.0. The van der Waals surface area contributed by atoms with Gasteiger partial charge in [0, 0.05) is 48.7 Å². The second-order valence-corrected chi connectivity index (χ2v) is 13.0. The van der Waals surface area contributed by atoms with Gasteiger partial charge < -0.3 is 23.6 Å². The monoisotopic (exact) mass is 482 g/mol. The number of benzene rings is 1. The van der Waals surface area contributed by atoms with E-state index in [1.807, 2.05) is 0 Å². The van der Waals surface area contributed by atoms with Gasteiger partial charge in [0.25, 0.3) is 11.6 Å². The first-order valence-electron chi connectivity index (χ1n) is 11.1. The molecule has 0 aliphatic carbocycles. The van der Waals surface area contributed by atoms with Crippen molar-refractivity contribution < 1.29 is 33.2 Å². The summed E-state index contributed by atoms with van der Waals surface area (Å²) in [6, 6.07) is 4.22. The van der Waals surface area contributed by atoms with Gasteiger partial charge in [-0.1, -0.05) is 6.92 Å². The number of nitrogens with zero attached hydrogens (tertiary/aromatic N) is 2. The molecule has 1 aromatic rings. The third-order valence-corrected chi connectivity index (χ3v) is 9.27. The molecule has 2 heterocycles. The van der Waals surface area contributed by atoms with Gasteiger partial charge >= 0.3 is 5.97 Å². The van der Waals surface area contributed by atoms with Crippen molar-refractivity contribution in [1.82, 2.24) is 0 Å². The number of ether oxygens (including phenoxy) is 2. The van der Waals surface area contributed by atoms with Crippen molar-refractivity contribution in [2.24, 2.45) is 5.92 Å². The van der Waals surface area contributed by atoms with Crippen LogP contribution in [0.1, 0.15) is 38.2 Å². The number of non-ortho nitro benzene ring substituents is 1. The van der Waals surface area contributed by atoms with Gasteiger partial charge in [0.15, 0.2) is 5.60 Å². The summed E-state index contributed by atoms with van der Waals surface area (Å²) in [5.74, 6) is -1.30. The summed E-state index contributed by atoms with van der Waals surface area (Å²) in [7, 11) is -2.02. The number of hydrogen-bond acceptors (Lipinski definition) is 7. The number of nitro groups is 1. The fourth-order valence-electron chi connectivity index (χ4n) is 5.41. The van der Waals surface area contributed by atoms with Crippen LogP contribution < -0.4 is 4.90 Å². The van der Waals surface area contributed by atoms with Crippen molar-refractivity contribution in [3.05, 3.63) is 33.9 Å². The molecule has 1 N–H and O–H groups in total. The molecule has 2 aliphatic heterocycles. The normalized spacial score (nSPS) is 26.7. The van der Waals surface area contributed by atoms with Crippen LogP contribution in [0, 0.1) is 16.0 Å². The number of nitro benzene ring substituents is 1. The van der Waals surface area contributed by atoms with E-state index in [-0.39, 0.29) is 43.6 Å². The van der Waals surface area contributed by atoms with Crippen LogP contribution in [0.4, 0.5) is 15.5 Å². The Morgan fingerprint density at radius 1 is 1.39 bits per heavy atom. The molecule has 1 saturated heterocycles. The van der Waals surface area contributed by atoms with Crippen LogP contribution in [-0.2, 0) is 24.7 Å². The molecule has 182 valence electrons. The van der Waals surface area contributed by atoms with Crippen LogP contribution >= 0.6 is 0 Å². The number of aliphatic hydroxyl groups is 1. The van der Waals surface area contributed by atoms with Crippen molar-refractivity contribution >= 4 is 31.7 Å². The molecule has 4 atom stereocenters. The molecule has 11 heteroatoms. The number of unbranched alkanes of at least 4 members (excludes halogenated alkanes) is 1. The standard InChI is InChI=1S/C22H31FN2O7Si/c1-14-20(33(3,4)23)18(10-12-26)32-22(14)16-13-15(25(29)30)8-9-17(16)24(21(22)28)11-6-5-7-19(27)31-2/h8-9,13-14,18,20,26H,5-7,10-12H2,1-4H3/t14-,18+,20-,22+/m0/s1. The van der Waals surface area contributed by atoms with Crippen molar-refractivity contribution in [2.45, 2.75) is 62.9 Å². The van der Waals surface area contributed by atoms with Crippen molar-refractivity contribution in [2.75, 3.05) is 25.2 Å². The molecule has 0 aromatic heterocycles. The maximum absolute atomic E-state index is 15.4. The predicted octanol–water partition coefficient (Wildman–Crippen LogP) is 3.44. The molecule has 0 unspecified atom stereocenters. The molecular formula is C22H31FN2O7Si. The summed E-state index contributed by atoms with van der Waals surface area (Å²) < 4.78 is 26.4. The fraction of sp³-hybridized carbons (Fsp3) is 0.636. The van der Waals surface area contributed by atoms with E-state index >= 15 is 4.11 Å². The average Bonchev–Trinajstić information content (AvgIpc) is 3.17. The second-order valence-electron chi connectivity index (χ2n) is 9.23. The lowest BCUT2D eigenvalue weighted by Gasteiger charge is -2.31. The molecule has 1 aromatic carbocycles. The Morgan fingerprint density at radius 2 is 2.09 bits per heavy atom. The molecule has 1 spiro atoms. The van der Waals surface area contributed by atoms with E-state index in [2.05, 4.69) is 4.74 Å². The molecule has 0 saturated carbocycles. The second kappa shape index (κ2) is 9.47. The lowest BCUT2D eigenvalue weighted by molar-refractivity contribution is -0.385. The van der Waals surface area contributed by atoms with Gasteiger partial charge in [0.1, 0.15) is 0 Å². The number of methoxy groups -OCH3 is 1. The summed E-state index contributed by atoms with van der Waals surface area (Å²) in [5.41, 5.74) is -1.43. The van der Waals surface area contributed by atoms with Gasteiger partial charge in [0.2, 0.25) is 8.41 Å². The summed E-state index contributed by atoms with van der Waals surface area (Å²) in [6.45, 7) is 4.93. The zero-order chi connectivity index (χ0) is 24.6. The van der Waals surface area contributed by atoms with E-state index < -0.39 is 36.5 Å². The Labute approximate surface area is 193 Å². The molecule has 2 aliphatic rings. The number of halogens is 1. The summed E-state index contributed by atoms with van der Waals surface area (Å²) in [4.78, 5) is 37.7. The number of fused-ring (bicyclic) bond motifs is 2. The highest BCUT2D eigenvalue weighted by Gasteiger charge is 2.66. The van der Waals surface area contributed by atoms with E-state index in [0.717, 1.165) is 0 Å². The molecule has 1 fully saturated rings. The first-order valence-corrected chi connectivity index (χ1v) is 14.1. The minimum atomic E-state index is -3.33. The fourth-order valence-corrected chi connectivity index (χ4v) is 7.95. The van der Waals surface area contributed by atoms with Crippen LogP contribution in [0.2, 0.25) is 18.6 Å². The Balaban J connectivity index is 2.03. The largest absolute Gasteiger partial charge is 0.469 e. The number of amides is 1. The minimum Gasteiger partial charge on any atom is -0.469 e. The van der Waals surface area contributed by atoms with Crippen LogP contribution in [0.15, 0.2) is 18.2 Å². The lowest BCUT2D eigenvalue weighted by atomic mass is 9.82. The van der Waals surface area contributed by atoms with E-state index in [1.165, 1.54) is 30.2 Å². The zero-order valence-electron chi connectivity index (χ0n) is 19.4. The van der Waals surface area contributed by atoms with E-state index in [0.29, 0.717) is 24.1 Å². The SMILES string of the molecule is COC(=O)CCCCN1C(=O)[C@]2(O[C@H](CCO)[C@@H]([Si](C)(C)F)[C@@H]2C)c2cc([N+](=O)[O-])ccc21.